The van der Waals surface area contributed by atoms with E-state index in [1.165, 1.54) is 11.0 Å². The Balaban J connectivity index is 1.29. The smallest absolute Gasteiger partial charge is 0.253 e. The first kappa shape index (κ1) is 25.6. The number of piperidine rings is 1. The number of anilines is 2. The van der Waals surface area contributed by atoms with Crippen molar-refractivity contribution >= 4 is 34.0 Å². The van der Waals surface area contributed by atoms with E-state index in [-0.39, 0.29) is 23.3 Å². The van der Waals surface area contributed by atoms with Gasteiger partial charge in [0.15, 0.2) is 11.0 Å². The van der Waals surface area contributed by atoms with Gasteiger partial charge in [0.05, 0.1) is 6.20 Å². The van der Waals surface area contributed by atoms with Crippen LogP contribution in [-0.2, 0) is 23.1 Å². The van der Waals surface area contributed by atoms with E-state index in [0.29, 0.717) is 17.8 Å². The van der Waals surface area contributed by atoms with Gasteiger partial charge < -0.3 is 20.0 Å². The summed E-state index contributed by atoms with van der Waals surface area (Å²) in [5, 5.41) is 7.08. The lowest BCUT2D eigenvalue weighted by Gasteiger charge is -2.33. The number of likely N-dealkylation sites (tertiary alicyclic amines) is 1. The number of nitrogens with one attached hydrogen (secondary N) is 2. The van der Waals surface area contributed by atoms with Crippen LogP contribution in [-0.4, -0.2) is 45.8 Å². The minimum Gasteiger partial charge on any atom is -0.445 e. The molecule has 36 heavy (non-hydrogen) atoms. The molecular formula is C27H33N5O3S. The molecule has 1 aliphatic rings. The van der Waals surface area contributed by atoms with E-state index in [2.05, 4.69) is 48.0 Å². The van der Waals surface area contributed by atoms with Crippen LogP contribution in [0.5, 0.6) is 0 Å². The molecule has 1 unspecified atom stereocenters. The van der Waals surface area contributed by atoms with Gasteiger partial charge in [-0.25, -0.2) is 9.97 Å². The van der Waals surface area contributed by atoms with Crippen LogP contribution >= 0.6 is 11.3 Å². The topological polar surface area (TPSA) is 100 Å². The second-order valence-corrected chi connectivity index (χ2v) is 11.1. The Labute approximate surface area is 215 Å². The molecule has 0 aliphatic carbocycles. The molecule has 3 aromatic rings. The maximum atomic E-state index is 13.0. The molecule has 1 fully saturated rings. The fraction of sp³-hybridized carbons (Fsp3) is 0.407. The highest BCUT2D eigenvalue weighted by Gasteiger charge is 2.25. The quantitative estimate of drug-likeness (QED) is 0.414. The number of aromatic nitrogens is 2. The maximum Gasteiger partial charge on any atom is 0.253 e. The van der Waals surface area contributed by atoms with Crippen molar-refractivity contribution in [2.24, 2.45) is 0 Å². The minimum atomic E-state index is -0.281. The normalized spacial score (nSPS) is 16.0. The Morgan fingerprint density at radius 1 is 1.19 bits per heavy atom. The summed E-state index contributed by atoms with van der Waals surface area (Å²) in [7, 11) is 0. The summed E-state index contributed by atoms with van der Waals surface area (Å²) in [6, 6.07) is 7.09. The van der Waals surface area contributed by atoms with Crippen molar-refractivity contribution in [1.29, 1.82) is 0 Å². The molecule has 190 valence electrons. The summed E-state index contributed by atoms with van der Waals surface area (Å²) in [5.74, 6) is 1.36. The number of hydrogen-bond acceptors (Lipinski definition) is 7. The predicted molar refractivity (Wildman–Crippen MR) is 143 cm³/mol. The van der Waals surface area contributed by atoms with Crippen LogP contribution in [0, 0.1) is 0 Å². The van der Waals surface area contributed by atoms with Crippen molar-refractivity contribution in [2.45, 2.75) is 57.9 Å². The number of rotatable bonds is 8. The number of thiazole rings is 1. The van der Waals surface area contributed by atoms with E-state index in [0.717, 1.165) is 49.0 Å². The fourth-order valence-electron chi connectivity index (χ4n) is 4.02. The number of hydrogen-bond donors (Lipinski definition) is 2. The average molecular weight is 508 g/mol. The number of aryl methyl sites for hydroxylation is 2. The lowest BCUT2D eigenvalue weighted by Crippen LogP contribution is -2.45. The van der Waals surface area contributed by atoms with Gasteiger partial charge in [0.2, 0.25) is 5.91 Å². The Morgan fingerprint density at radius 2 is 1.97 bits per heavy atom. The first-order valence-electron chi connectivity index (χ1n) is 12.2. The highest BCUT2D eigenvalue weighted by atomic mass is 32.1. The van der Waals surface area contributed by atoms with Gasteiger partial charge in [-0.2, -0.15) is 0 Å². The molecule has 9 heteroatoms. The number of benzene rings is 1. The number of carbonyl (C=O) groups excluding carboxylic acids is 2. The van der Waals surface area contributed by atoms with E-state index in [1.54, 1.807) is 35.6 Å². The molecule has 4 rings (SSSR count). The van der Waals surface area contributed by atoms with Crippen molar-refractivity contribution in [3.8, 4) is 0 Å². The molecule has 2 aromatic heterocycles. The summed E-state index contributed by atoms with van der Waals surface area (Å²) < 4.78 is 5.89. The zero-order valence-electron chi connectivity index (χ0n) is 21.0. The van der Waals surface area contributed by atoms with Gasteiger partial charge >= 0.3 is 0 Å². The molecule has 0 bridgehead atoms. The Kier molecular flexibility index (Phi) is 7.88. The SMILES string of the molecule is C=CC(=O)Nc1ccc(C(=O)N2CCCC(Nc3ncc(CCc4ncc(C(C)(C)C)o4)s3)C2)cc1. The average Bonchev–Trinajstić information content (AvgIpc) is 3.52. The van der Waals surface area contributed by atoms with E-state index in [1.807, 2.05) is 17.3 Å². The van der Waals surface area contributed by atoms with Crippen LogP contribution in [0.4, 0.5) is 10.8 Å². The molecule has 0 radical (unpaired) electrons. The van der Waals surface area contributed by atoms with Crippen LogP contribution < -0.4 is 10.6 Å². The van der Waals surface area contributed by atoms with Crippen LogP contribution in [0.3, 0.4) is 0 Å². The molecule has 2 N–H and O–H groups in total. The largest absolute Gasteiger partial charge is 0.445 e. The molecule has 0 saturated carbocycles. The predicted octanol–water partition coefficient (Wildman–Crippen LogP) is 5.06. The van der Waals surface area contributed by atoms with Crippen LogP contribution in [0.2, 0.25) is 0 Å². The molecule has 1 saturated heterocycles. The van der Waals surface area contributed by atoms with Crippen LogP contribution in [0.15, 0.2) is 53.7 Å². The third-order valence-electron chi connectivity index (χ3n) is 6.05. The van der Waals surface area contributed by atoms with Gasteiger partial charge in [0.1, 0.15) is 5.76 Å². The molecule has 2 amide bonds. The van der Waals surface area contributed by atoms with E-state index in [9.17, 15) is 9.59 Å². The summed E-state index contributed by atoms with van der Waals surface area (Å²) in [4.78, 5) is 36.5. The summed E-state index contributed by atoms with van der Waals surface area (Å²) in [6.07, 6.45) is 8.40. The second kappa shape index (κ2) is 11.1. The number of nitrogens with zero attached hydrogens (tertiary/aromatic N) is 3. The lowest BCUT2D eigenvalue weighted by atomic mass is 9.94. The maximum absolute atomic E-state index is 13.0. The molecule has 0 spiro atoms. The van der Waals surface area contributed by atoms with Crippen molar-refractivity contribution in [3.63, 3.8) is 0 Å². The standard InChI is InChI=1S/C27H33N5O3S/c1-5-23(33)30-19-10-8-18(9-11-19)25(34)32-14-6-7-20(17-32)31-26-29-15-21(36-26)12-13-24-28-16-22(35-24)27(2,3)4/h5,8-11,15-16,20H,1,6-7,12-14,17H2,2-4H3,(H,29,31)(H,30,33). The second-order valence-electron chi connectivity index (χ2n) is 10.0. The van der Waals surface area contributed by atoms with Crippen molar-refractivity contribution < 1.29 is 14.0 Å². The molecular weight excluding hydrogens is 474 g/mol. The summed E-state index contributed by atoms with van der Waals surface area (Å²) >= 11 is 1.64. The number of oxazole rings is 1. The summed E-state index contributed by atoms with van der Waals surface area (Å²) in [5.41, 5.74) is 1.19. The van der Waals surface area contributed by atoms with Crippen LogP contribution in [0.1, 0.15) is 60.5 Å². The molecule has 1 aromatic carbocycles. The monoisotopic (exact) mass is 507 g/mol. The van der Waals surface area contributed by atoms with Crippen molar-refractivity contribution in [3.05, 3.63) is 71.4 Å². The van der Waals surface area contributed by atoms with Gasteiger partial charge in [0.25, 0.3) is 5.91 Å². The third-order valence-corrected chi connectivity index (χ3v) is 7.04. The minimum absolute atomic E-state index is 0.0106. The van der Waals surface area contributed by atoms with E-state index < -0.39 is 0 Å². The Hall–Kier alpha value is -3.46. The van der Waals surface area contributed by atoms with Gasteiger partial charge in [-0.3, -0.25) is 9.59 Å². The summed E-state index contributed by atoms with van der Waals surface area (Å²) in [6.45, 7) is 11.1. The highest BCUT2D eigenvalue weighted by Crippen LogP contribution is 2.26. The van der Waals surface area contributed by atoms with Gasteiger partial charge in [-0.15, -0.1) is 11.3 Å². The van der Waals surface area contributed by atoms with E-state index >= 15 is 0 Å². The molecule has 3 heterocycles. The number of carbonyl (C=O) groups is 2. The van der Waals surface area contributed by atoms with Gasteiger partial charge in [0, 0.05) is 53.3 Å². The van der Waals surface area contributed by atoms with Crippen molar-refractivity contribution in [2.75, 3.05) is 23.7 Å². The molecule has 1 aliphatic heterocycles. The first-order valence-corrected chi connectivity index (χ1v) is 13.0. The molecule has 1 atom stereocenters. The number of amides is 2. The van der Waals surface area contributed by atoms with E-state index in [4.69, 9.17) is 4.42 Å². The Morgan fingerprint density at radius 3 is 2.67 bits per heavy atom. The zero-order valence-corrected chi connectivity index (χ0v) is 21.9. The van der Waals surface area contributed by atoms with Crippen molar-refractivity contribution in [1.82, 2.24) is 14.9 Å². The fourth-order valence-corrected chi connectivity index (χ4v) is 4.91. The third kappa shape index (κ3) is 6.60. The highest BCUT2D eigenvalue weighted by molar-refractivity contribution is 7.15. The zero-order chi connectivity index (χ0) is 25.7. The van der Waals surface area contributed by atoms with Crippen LogP contribution in [0.25, 0.3) is 0 Å². The first-order chi connectivity index (χ1) is 17.2. The van der Waals surface area contributed by atoms with Gasteiger partial charge in [-0.05, 0) is 49.6 Å². The Bertz CT molecular complexity index is 1210. The van der Waals surface area contributed by atoms with Gasteiger partial charge in [-0.1, -0.05) is 27.4 Å². The lowest BCUT2D eigenvalue weighted by molar-refractivity contribution is -0.111. The molecule has 8 nitrogen and oxygen atoms in total.